The number of hydrogen-bond acceptors (Lipinski definition) is 3. The molecule has 1 amide bonds. The average Bonchev–Trinajstić information content (AvgIpc) is 2.82. The van der Waals surface area contributed by atoms with Crippen LogP contribution in [0.3, 0.4) is 0 Å². The first-order chi connectivity index (χ1) is 9.82. The Balaban J connectivity index is 1.93. The van der Waals surface area contributed by atoms with Gasteiger partial charge in [-0.1, -0.05) is 11.6 Å². The smallest absolute Gasteiger partial charge is 0.311 e. The highest BCUT2D eigenvalue weighted by Crippen LogP contribution is 2.30. The summed E-state index contributed by atoms with van der Waals surface area (Å²) in [7, 11) is 0. The first kappa shape index (κ1) is 15.6. The minimum Gasteiger partial charge on any atom is -0.482 e. The number of carbonyl (C=O) groups excluding carboxylic acids is 1. The van der Waals surface area contributed by atoms with Crippen LogP contribution in [-0.2, 0) is 9.59 Å². The quantitative estimate of drug-likeness (QED) is 0.925. The number of benzene rings is 1. The summed E-state index contributed by atoms with van der Waals surface area (Å²) in [6, 6.07) is 3.62. The average molecular weight is 316 g/mol. The lowest BCUT2D eigenvalue weighted by atomic mass is 9.90. The van der Waals surface area contributed by atoms with Gasteiger partial charge in [0.2, 0.25) is 0 Å². The maximum atomic E-state index is 12.9. The zero-order valence-electron chi connectivity index (χ0n) is 11.4. The van der Waals surface area contributed by atoms with Crippen molar-refractivity contribution < 1.29 is 23.8 Å². The zero-order valence-corrected chi connectivity index (χ0v) is 12.2. The van der Waals surface area contributed by atoms with Crippen LogP contribution in [0, 0.1) is 11.2 Å². The molecule has 1 aliphatic rings. The molecule has 1 aromatic rings. The molecule has 1 N–H and O–H groups in total. The number of aliphatic carboxylic acids is 1. The molecule has 1 heterocycles. The molecule has 1 aliphatic heterocycles. The van der Waals surface area contributed by atoms with Crippen LogP contribution in [-0.4, -0.2) is 41.6 Å². The van der Waals surface area contributed by atoms with Gasteiger partial charge in [-0.2, -0.15) is 0 Å². The number of nitrogens with zero attached hydrogens (tertiary/aromatic N) is 1. The molecule has 21 heavy (non-hydrogen) atoms. The van der Waals surface area contributed by atoms with Crippen molar-refractivity contribution in [1.82, 2.24) is 4.90 Å². The maximum absolute atomic E-state index is 12.9. The molecule has 0 spiro atoms. The lowest BCUT2D eigenvalue weighted by Gasteiger charge is -2.20. The van der Waals surface area contributed by atoms with E-state index in [0.717, 1.165) is 6.07 Å². The molecule has 0 bridgehead atoms. The summed E-state index contributed by atoms with van der Waals surface area (Å²) in [4.78, 5) is 24.6. The van der Waals surface area contributed by atoms with Crippen molar-refractivity contribution in [2.75, 3.05) is 19.7 Å². The van der Waals surface area contributed by atoms with Crippen LogP contribution in [0.4, 0.5) is 4.39 Å². The van der Waals surface area contributed by atoms with E-state index in [9.17, 15) is 14.0 Å². The summed E-state index contributed by atoms with van der Waals surface area (Å²) in [5.41, 5.74) is -0.914. The lowest BCUT2D eigenvalue weighted by molar-refractivity contribution is -0.147. The number of rotatable bonds is 4. The van der Waals surface area contributed by atoms with E-state index in [1.165, 1.54) is 17.0 Å². The molecule has 1 unspecified atom stereocenters. The van der Waals surface area contributed by atoms with E-state index < -0.39 is 17.2 Å². The second-order valence-corrected chi connectivity index (χ2v) is 5.70. The Morgan fingerprint density at radius 2 is 2.24 bits per heavy atom. The highest BCUT2D eigenvalue weighted by atomic mass is 35.5. The predicted molar refractivity (Wildman–Crippen MR) is 73.8 cm³/mol. The van der Waals surface area contributed by atoms with Crippen LogP contribution in [0.25, 0.3) is 0 Å². The normalized spacial score (nSPS) is 21.4. The Kier molecular flexibility index (Phi) is 4.37. The van der Waals surface area contributed by atoms with Gasteiger partial charge < -0.3 is 14.7 Å². The third-order valence-corrected chi connectivity index (χ3v) is 3.88. The van der Waals surface area contributed by atoms with E-state index in [2.05, 4.69) is 0 Å². The molecule has 5 nitrogen and oxygen atoms in total. The van der Waals surface area contributed by atoms with Gasteiger partial charge in [0.25, 0.3) is 5.91 Å². The topological polar surface area (TPSA) is 66.8 Å². The third-order valence-electron chi connectivity index (χ3n) is 3.59. The molecule has 1 aromatic carbocycles. The Morgan fingerprint density at radius 1 is 1.52 bits per heavy atom. The first-order valence-electron chi connectivity index (χ1n) is 6.41. The molecule has 1 atom stereocenters. The standard InChI is InChI=1S/C14H15ClFNO4/c1-14(13(19)20)4-5-17(8-14)12(18)7-21-11-3-2-9(16)6-10(11)15/h2-3,6H,4-5,7-8H2,1H3,(H,19,20). The van der Waals surface area contributed by atoms with E-state index in [1.807, 2.05) is 0 Å². The summed E-state index contributed by atoms with van der Waals surface area (Å²) < 4.78 is 18.1. The second-order valence-electron chi connectivity index (χ2n) is 5.29. The SMILES string of the molecule is CC1(C(=O)O)CCN(C(=O)COc2ccc(F)cc2Cl)C1. The van der Waals surface area contributed by atoms with Gasteiger partial charge in [-0.15, -0.1) is 0 Å². The van der Waals surface area contributed by atoms with Gasteiger partial charge in [0.05, 0.1) is 10.4 Å². The number of hydrogen-bond donors (Lipinski definition) is 1. The van der Waals surface area contributed by atoms with Crippen LogP contribution in [0.5, 0.6) is 5.75 Å². The number of ether oxygens (including phenoxy) is 1. The summed E-state index contributed by atoms with van der Waals surface area (Å²) in [6.45, 7) is 1.88. The fraction of sp³-hybridized carbons (Fsp3) is 0.429. The lowest BCUT2D eigenvalue weighted by Crippen LogP contribution is -2.37. The Morgan fingerprint density at radius 3 is 2.81 bits per heavy atom. The molecule has 1 fully saturated rings. The number of carbonyl (C=O) groups is 2. The van der Waals surface area contributed by atoms with E-state index in [0.29, 0.717) is 13.0 Å². The molecule has 0 radical (unpaired) electrons. The van der Waals surface area contributed by atoms with Crippen molar-refractivity contribution in [3.8, 4) is 5.75 Å². The predicted octanol–water partition coefficient (Wildman–Crippen LogP) is 2.18. The Hall–Kier alpha value is -1.82. The van der Waals surface area contributed by atoms with Gasteiger partial charge in [0.15, 0.2) is 6.61 Å². The van der Waals surface area contributed by atoms with Gasteiger partial charge in [0.1, 0.15) is 11.6 Å². The summed E-state index contributed by atoms with van der Waals surface area (Å²) >= 11 is 5.79. The molecule has 0 aromatic heterocycles. The van der Waals surface area contributed by atoms with Crippen molar-refractivity contribution in [3.63, 3.8) is 0 Å². The van der Waals surface area contributed by atoms with Crippen molar-refractivity contribution in [1.29, 1.82) is 0 Å². The van der Waals surface area contributed by atoms with Crippen molar-refractivity contribution in [2.24, 2.45) is 5.41 Å². The molecule has 2 rings (SSSR count). The number of likely N-dealkylation sites (tertiary alicyclic amines) is 1. The molecule has 0 aliphatic carbocycles. The summed E-state index contributed by atoms with van der Waals surface area (Å²) in [5, 5.41) is 9.20. The molecular formula is C14H15ClFNO4. The number of carboxylic acids is 1. The van der Waals surface area contributed by atoms with Crippen LogP contribution in [0.15, 0.2) is 18.2 Å². The molecular weight excluding hydrogens is 301 g/mol. The Bertz CT molecular complexity index is 580. The van der Waals surface area contributed by atoms with Gasteiger partial charge in [-0.05, 0) is 31.5 Å². The van der Waals surface area contributed by atoms with Gasteiger partial charge in [-0.25, -0.2) is 4.39 Å². The monoisotopic (exact) mass is 315 g/mol. The van der Waals surface area contributed by atoms with E-state index in [4.69, 9.17) is 21.4 Å². The molecule has 7 heteroatoms. The van der Waals surface area contributed by atoms with Crippen LogP contribution in [0.1, 0.15) is 13.3 Å². The maximum Gasteiger partial charge on any atom is 0.311 e. The van der Waals surface area contributed by atoms with Crippen LogP contribution in [0.2, 0.25) is 5.02 Å². The molecule has 114 valence electrons. The molecule has 1 saturated heterocycles. The molecule has 0 saturated carbocycles. The van der Waals surface area contributed by atoms with Gasteiger partial charge >= 0.3 is 5.97 Å². The second kappa shape index (κ2) is 5.89. The van der Waals surface area contributed by atoms with Crippen molar-refractivity contribution in [2.45, 2.75) is 13.3 Å². The van der Waals surface area contributed by atoms with E-state index >= 15 is 0 Å². The number of amides is 1. The highest BCUT2D eigenvalue weighted by Gasteiger charge is 2.42. The van der Waals surface area contributed by atoms with E-state index in [-0.39, 0.29) is 29.8 Å². The number of halogens is 2. The Labute approximate surface area is 126 Å². The first-order valence-corrected chi connectivity index (χ1v) is 6.79. The highest BCUT2D eigenvalue weighted by molar-refractivity contribution is 6.32. The van der Waals surface area contributed by atoms with Crippen LogP contribution < -0.4 is 4.74 Å². The minimum absolute atomic E-state index is 0.0830. The number of carboxylic acid groups (broad SMARTS) is 1. The third kappa shape index (κ3) is 3.44. The largest absolute Gasteiger partial charge is 0.482 e. The van der Waals surface area contributed by atoms with Crippen molar-refractivity contribution in [3.05, 3.63) is 29.0 Å². The van der Waals surface area contributed by atoms with Gasteiger partial charge in [-0.3, -0.25) is 9.59 Å². The van der Waals surface area contributed by atoms with Crippen molar-refractivity contribution >= 4 is 23.5 Å². The zero-order chi connectivity index (χ0) is 15.6. The minimum atomic E-state index is -0.916. The summed E-state index contributed by atoms with van der Waals surface area (Å²) in [5.74, 6) is -1.51. The van der Waals surface area contributed by atoms with E-state index in [1.54, 1.807) is 6.92 Å². The summed E-state index contributed by atoms with van der Waals surface area (Å²) in [6.07, 6.45) is 0.408. The van der Waals surface area contributed by atoms with Crippen LogP contribution >= 0.6 is 11.6 Å². The van der Waals surface area contributed by atoms with Gasteiger partial charge in [0, 0.05) is 13.1 Å². The fourth-order valence-corrected chi connectivity index (χ4v) is 2.39. The fourth-order valence-electron chi connectivity index (χ4n) is 2.17.